The highest BCUT2D eigenvalue weighted by Crippen LogP contribution is 2.45. The Kier molecular flexibility index (Phi) is 7.02. The van der Waals surface area contributed by atoms with Gasteiger partial charge in [0.05, 0.1) is 17.1 Å². The van der Waals surface area contributed by atoms with Crippen LogP contribution in [-0.2, 0) is 4.79 Å². The molecule has 4 N–H and O–H groups in total. The molecule has 1 aliphatic carbocycles. The highest BCUT2D eigenvalue weighted by atomic mass is 35.5. The van der Waals surface area contributed by atoms with Crippen molar-refractivity contribution in [1.29, 1.82) is 0 Å². The first-order valence-electron chi connectivity index (χ1n) is 12.3. The third-order valence-electron chi connectivity index (χ3n) is 7.19. The Morgan fingerprint density at radius 2 is 2.10 bits per heavy atom. The number of nitrogens with one attached hydrogen (secondary N) is 1. The lowest BCUT2D eigenvalue weighted by Gasteiger charge is -2.31. The molecule has 0 bridgehead atoms. The minimum absolute atomic E-state index is 0.116. The van der Waals surface area contributed by atoms with Gasteiger partial charge in [-0.25, -0.2) is 9.67 Å². The molecule has 1 aromatic carbocycles. The highest BCUT2D eigenvalue weighted by molar-refractivity contribution is 6.30. The third-order valence-corrected chi connectivity index (χ3v) is 7.43. The summed E-state index contributed by atoms with van der Waals surface area (Å²) in [7, 11) is 0. The number of rotatable bonds is 6. The van der Waals surface area contributed by atoms with Crippen LogP contribution in [0.15, 0.2) is 42.6 Å². The van der Waals surface area contributed by atoms with Crippen LogP contribution in [0.1, 0.15) is 48.7 Å². The van der Waals surface area contributed by atoms with Crippen molar-refractivity contribution < 1.29 is 27.8 Å². The van der Waals surface area contributed by atoms with Crippen molar-refractivity contribution in [2.24, 2.45) is 5.41 Å². The van der Waals surface area contributed by atoms with Gasteiger partial charge in [-0.3, -0.25) is 4.79 Å². The standard InChI is InChI=1S/C26H26ClF3N6O3/c1-14-6-9-36(35-14)20-10-16(27)2-3-17(20)22(26(28,29)30)39-21-11-18(33-24(31)34-21)15-4-7-25(8-5-15)12-19(23(37)38)32-13-25/h2-4,6,9-11,19,22,32H,5,7-8,12-13H2,1H3,(H,37,38)(H2,31,33,34)/t19-,22?,25+/m1/s1. The van der Waals surface area contributed by atoms with Gasteiger partial charge >= 0.3 is 12.1 Å². The van der Waals surface area contributed by atoms with E-state index in [0.717, 1.165) is 5.57 Å². The van der Waals surface area contributed by atoms with E-state index in [0.29, 0.717) is 43.6 Å². The number of halogens is 4. The number of aromatic nitrogens is 4. The highest BCUT2D eigenvalue weighted by Gasteiger charge is 2.45. The number of aliphatic carboxylic acids is 1. The number of carboxylic acid groups (broad SMARTS) is 1. The van der Waals surface area contributed by atoms with Crippen LogP contribution in [0.3, 0.4) is 0 Å². The Bertz CT molecular complexity index is 1440. The fraction of sp³-hybridized carbons (Fsp3) is 0.385. The first-order chi connectivity index (χ1) is 18.4. The molecular weight excluding hydrogens is 537 g/mol. The second kappa shape index (κ2) is 10.2. The molecule has 1 spiro atoms. The Hall–Kier alpha value is -3.64. The van der Waals surface area contributed by atoms with Gasteiger partial charge in [-0.05, 0) is 61.8 Å². The van der Waals surface area contributed by atoms with Crippen LogP contribution >= 0.6 is 11.6 Å². The van der Waals surface area contributed by atoms with Crippen LogP contribution < -0.4 is 15.8 Å². The average molecular weight is 563 g/mol. The van der Waals surface area contributed by atoms with Gasteiger partial charge in [-0.1, -0.05) is 23.7 Å². The predicted molar refractivity (Wildman–Crippen MR) is 137 cm³/mol. The zero-order valence-electron chi connectivity index (χ0n) is 20.9. The van der Waals surface area contributed by atoms with Crippen LogP contribution in [0.5, 0.6) is 5.88 Å². The molecule has 1 saturated heterocycles. The molecule has 1 fully saturated rings. The molecular formula is C26H26ClF3N6O3. The van der Waals surface area contributed by atoms with Crippen molar-refractivity contribution >= 4 is 29.1 Å². The molecule has 1 aliphatic heterocycles. The molecule has 0 amide bonds. The average Bonchev–Trinajstić information content (AvgIpc) is 3.49. The van der Waals surface area contributed by atoms with Crippen molar-refractivity contribution in [1.82, 2.24) is 25.1 Å². The van der Waals surface area contributed by atoms with Gasteiger partial charge in [0.1, 0.15) is 6.04 Å². The molecule has 0 saturated carbocycles. The summed E-state index contributed by atoms with van der Waals surface area (Å²) in [4.78, 5) is 19.5. The van der Waals surface area contributed by atoms with E-state index in [2.05, 4.69) is 20.4 Å². The van der Waals surface area contributed by atoms with E-state index in [-0.39, 0.29) is 33.5 Å². The van der Waals surface area contributed by atoms with Crippen LogP contribution in [-0.4, -0.2) is 49.6 Å². The van der Waals surface area contributed by atoms with Gasteiger partial charge in [0.15, 0.2) is 0 Å². The minimum atomic E-state index is -4.81. The fourth-order valence-electron chi connectivity index (χ4n) is 5.20. The van der Waals surface area contributed by atoms with E-state index in [1.54, 1.807) is 19.2 Å². The van der Waals surface area contributed by atoms with Crippen LogP contribution in [0, 0.1) is 12.3 Å². The number of allylic oxidation sites excluding steroid dienone is 2. The molecule has 9 nitrogen and oxygen atoms in total. The third kappa shape index (κ3) is 5.71. The maximum Gasteiger partial charge on any atom is 0.429 e. The van der Waals surface area contributed by atoms with E-state index in [1.807, 2.05) is 6.08 Å². The van der Waals surface area contributed by atoms with Gasteiger partial charge in [0.2, 0.25) is 17.9 Å². The number of anilines is 1. The number of nitrogen functional groups attached to an aromatic ring is 1. The lowest BCUT2D eigenvalue weighted by atomic mass is 9.73. The number of ether oxygens (including phenoxy) is 1. The zero-order chi connectivity index (χ0) is 27.9. The number of nitrogens with two attached hydrogens (primary N) is 1. The number of carboxylic acids is 1. The number of aryl methyl sites for hydroxylation is 1. The lowest BCUT2D eigenvalue weighted by molar-refractivity contribution is -0.198. The molecule has 5 rings (SSSR count). The van der Waals surface area contributed by atoms with Crippen molar-refractivity contribution in [2.75, 3.05) is 12.3 Å². The van der Waals surface area contributed by atoms with Crippen LogP contribution in [0.2, 0.25) is 5.02 Å². The van der Waals surface area contributed by atoms with E-state index in [9.17, 15) is 23.1 Å². The molecule has 3 atom stereocenters. The van der Waals surface area contributed by atoms with Crippen molar-refractivity contribution in [2.45, 2.75) is 50.9 Å². The van der Waals surface area contributed by atoms with E-state index in [4.69, 9.17) is 22.1 Å². The molecule has 0 radical (unpaired) electrons. The molecule has 3 aromatic rings. The second-order valence-electron chi connectivity index (χ2n) is 10.0. The molecule has 13 heteroatoms. The summed E-state index contributed by atoms with van der Waals surface area (Å²) < 4.78 is 49.9. The molecule has 39 heavy (non-hydrogen) atoms. The van der Waals surface area contributed by atoms with Crippen molar-refractivity contribution in [3.05, 3.63) is 64.6 Å². The molecule has 206 valence electrons. The smallest absolute Gasteiger partial charge is 0.429 e. The molecule has 3 heterocycles. The monoisotopic (exact) mass is 562 g/mol. The first kappa shape index (κ1) is 26.9. The quantitative estimate of drug-likeness (QED) is 0.387. The second-order valence-corrected chi connectivity index (χ2v) is 10.4. The molecule has 2 aromatic heterocycles. The number of carbonyl (C=O) groups is 1. The normalized spacial score (nSPS) is 22.1. The Balaban J connectivity index is 1.44. The Labute approximate surface area is 226 Å². The van der Waals surface area contributed by atoms with E-state index in [1.165, 1.54) is 28.9 Å². The summed E-state index contributed by atoms with van der Waals surface area (Å²) in [6, 6.07) is 6.42. The number of alkyl halides is 3. The molecule has 1 unspecified atom stereocenters. The Morgan fingerprint density at radius 1 is 1.31 bits per heavy atom. The van der Waals surface area contributed by atoms with Gasteiger partial charge in [-0.2, -0.15) is 23.3 Å². The SMILES string of the molecule is Cc1ccn(-c2cc(Cl)ccc2C(Oc2cc(C3=CC[C@@]4(CC3)CN[C@@H](C(=O)O)C4)nc(N)n2)C(F)(F)F)n1. The summed E-state index contributed by atoms with van der Waals surface area (Å²) in [5.74, 6) is -1.43. The summed E-state index contributed by atoms with van der Waals surface area (Å²) in [6.07, 6.45) is -1.32. The number of hydrogen-bond donors (Lipinski definition) is 3. The maximum atomic E-state index is 14.4. The molecule has 2 aliphatic rings. The van der Waals surface area contributed by atoms with E-state index >= 15 is 0 Å². The van der Waals surface area contributed by atoms with Crippen LogP contribution in [0.4, 0.5) is 19.1 Å². The summed E-state index contributed by atoms with van der Waals surface area (Å²) in [6.45, 7) is 2.31. The lowest BCUT2D eigenvalue weighted by Crippen LogP contribution is -2.30. The van der Waals surface area contributed by atoms with Gasteiger partial charge in [0, 0.05) is 29.4 Å². The number of hydrogen-bond acceptors (Lipinski definition) is 7. The van der Waals surface area contributed by atoms with E-state index < -0.39 is 24.3 Å². The van der Waals surface area contributed by atoms with Gasteiger partial charge < -0.3 is 20.9 Å². The van der Waals surface area contributed by atoms with Gasteiger partial charge in [0.25, 0.3) is 0 Å². The maximum absolute atomic E-state index is 14.4. The zero-order valence-corrected chi connectivity index (χ0v) is 21.6. The predicted octanol–water partition coefficient (Wildman–Crippen LogP) is 4.89. The first-order valence-corrected chi connectivity index (χ1v) is 12.7. The minimum Gasteiger partial charge on any atom is -0.480 e. The number of benzene rings is 1. The Morgan fingerprint density at radius 3 is 2.72 bits per heavy atom. The largest absolute Gasteiger partial charge is 0.480 e. The summed E-state index contributed by atoms with van der Waals surface area (Å²) in [5, 5.41) is 16.8. The summed E-state index contributed by atoms with van der Waals surface area (Å²) in [5.41, 5.74) is 7.40. The number of nitrogens with zero attached hydrogens (tertiary/aromatic N) is 4. The van der Waals surface area contributed by atoms with Crippen molar-refractivity contribution in [3.63, 3.8) is 0 Å². The topological polar surface area (TPSA) is 128 Å². The van der Waals surface area contributed by atoms with Crippen LogP contribution in [0.25, 0.3) is 11.3 Å². The summed E-state index contributed by atoms with van der Waals surface area (Å²) >= 11 is 6.11. The van der Waals surface area contributed by atoms with Crippen molar-refractivity contribution in [3.8, 4) is 11.6 Å². The van der Waals surface area contributed by atoms with Gasteiger partial charge in [-0.15, -0.1) is 0 Å². The fourth-order valence-corrected chi connectivity index (χ4v) is 5.36.